The van der Waals surface area contributed by atoms with Crippen molar-refractivity contribution in [1.29, 1.82) is 0 Å². The Balaban J connectivity index is 2.05. The lowest BCUT2D eigenvalue weighted by molar-refractivity contribution is -0.137. The van der Waals surface area contributed by atoms with Gasteiger partial charge in [0.25, 0.3) is 11.5 Å². The van der Waals surface area contributed by atoms with Gasteiger partial charge in [0, 0.05) is 31.9 Å². The molecule has 2 atom stereocenters. The van der Waals surface area contributed by atoms with Crippen LogP contribution in [0.25, 0.3) is 0 Å². The van der Waals surface area contributed by atoms with Crippen LogP contribution in [0.2, 0.25) is 5.02 Å². The lowest BCUT2D eigenvalue weighted by Gasteiger charge is -2.23. The molecule has 7 nitrogen and oxygen atoms in total. The third-order valence-corrected chi connectivity index (χ3v) is 4.66. The molecule has 24 heavy (non-hydrogen) atoms. The minimum Gasteiger partial charge on any atom is -0.481 e. The standard InChI is InChI=1S/C16H22ClN3O4/c1-9(2)11-7-20(4-3-14(21)22)8-13(11)19-15(23)10-5-12(17)16(24)18-6-10/h5-6,9,11,13H,3-4,7-8H2,1-2H3,(H,18,24)(H,19,23)(H,21,22)/t11-,13+/m1/s1. The molecule has 1 aliphatic rings. The largest absolute Gasteiger partial charge is 0.481 e. The fraction of sp³-hybridized carbons (Fsp3) is 0.562. The molecule has 0 radical (unpaired) electrons. The number of carboxylic acid groups (broad SMARTS) is 1. The van der Waals surface area contributed by atoms with Crippen molar-refractivity contribution in [2.24, 2.45) is 11.8 Å². The Bertz CT molecular complexity index is 674. The third-order valence-electron chi connectivity index (χ3n) is 4.38. The van der Waals surface area contributed by atoms with Crippen LogP contribution < -0.4 is 10.9 Å². The van der Waals surface area contributed by atoms with Crippen molar-refractivity contribution in [2.45, 2.75) is 26.3 Å². The van der Waals surface area contributed by atoms with Gasteiger partial charge in [0.05, 0.1) is 12.0 Å². The molecule has 1 aromatic rings. The monoisotopic (exact) mass is 355 g/mol. The van der Waals surface area contributed by atoms with E-state index in [9.17, 15) is 14.4 Å². The van der Waals surface area contributed by atoms with Gasteiger partial charge in [0.1, 0.15) is 5.02 Å². The van der Waals surface area contributed by atoms with Crippen LogP contribution in [0.1, 0.15) is 30.6 Å². The van der Waals surface area contributed by atoms with Crippen LogP contribution >= 0.6 is 11.6 Å². The van der Waals surface area contributed by atoms with E-state index in [1.165, 1.54) is 12.3 Å². The smallest absolute Gasteiger partial charge is 0.304 e. The molecule has 0 spiro atoms. The van der Waals surface area contributed by atoms with E-state index in [0.717, 1.165) is 6.54 Å². The summed E-state index contributed by atoms with van der Waals surface area (Å²) in [5.74, 6) is -0.541. The topological polar surface area (TPSA) is 102 Å². The molecule has 1 amide bonds. The average molecular weight is 356 g/mol. The molecule has 2 rings (SSSR count). The van der Waals surface area contributed by atoms with E-state index >= 15 is 0 Å². The molecular formula is C16H22ClN3O4. The number of nitrogens with zero attached hydrogens (tertiary/aromatic N) is 1. The maximum Gasteiger partial charge on any atom is 0.304 e. The molecule has 0 unspecified atom stereocenters. The van der Waals surface area contributed by atoms with Gasteiger partial charge in [-0.2, -0.15) is 0 Å². The van der Waals surface area contributed by atoms with Crippen LogP contribution in [0.15, 0.2) is 17.1 Å². The van der Waals surface area contributed by atoms with Crippen molar-refractivity contribution in [1.82, 2.24) is 15.2 Å². The number of H-pyrrole nitrogens is 1. The number of amides is 1. The summed E-state index contributed by atoms with van der Waals surface area (Å²) in [5.41, 5.74) is -0.139. The van der Waals surface area contributed by atoms with E-state index in [4.69, 9.17) is 16.7 Å². The summed E-state index contributed by atoms with van der Waals surface area (Å²) in [5, 5.41) is 11.8. The second-order valence-electron chi connectivity index (χ2n) is 6.46. The maximum absolute atomic E-state index is 12.4. The zero-order valence-corrected chi connectivity index (χ0v) is 14.5. The molecule has 1 fully saturated rings. The van der Waals surface area contributed by atoms with E-state index < -0.39 is 11.5 Å². The summed E-state index contributed by atoms with van der Waals surface area (Å²) in [6, 6.07) is 1.27. The summed E-state index contributed by atoms with van der Waals surface area (Å²) in [6.45, 7) is 6.00. The number of aromatic amines is 1. The van der Waals surface area contributed by atoms with Gasteiger partial charge < -0.3 is 20.3 Å². The van der Waals surface area contributed by atoms with Crippen LogP contribution in [0.3, 0.4) is 0 Å². The number of rotatable bonds is 6. The number of carbonyl (C=O) groups is 2. The Hall–Kier alpha value is -1.86. The van der Waals surface area contributed by atoms with Gasteiger partial charge in [-0.1, -0.05) is 25.4 Å². The lowest BCUT2D eigenvalue weighted by Crippen LogP contribution is -2.42. The van der Waals surface area contributed by atoms with E-state index in [1.54, 1.807) is 0 Å². The third kappa shape index (κ3) is 4.58. The minimum absolute atomic E-state index is 0.0300. The van der Waals surface area contributed by atoms with Gasteiger partial charge >= 0.3 is 5.97 Å². The number of halogens is 1. The molecule has 2 heterocycles. The highest BCUT2D eigenvalue weighted by molar-refractivity contribution is 6.30. The summed E-state index contributed by atoms with van der Waals surface area (Å²) in [6.07, 6.45) is 1.42. The first-order valence-electron chi connectivity index (χ1n) is 7.91. The fourth-order valence-corrected chi connectivity index (χ4v) is 3.19. The number of aromatic nitrogens is 1. The predicted octanol–water partition coefficient (Wildman–Crippen LogP) is 1.19. The van der Waals surface area contributed by atoms with E-state index in [1.807, 2.05) is 0 Å². The summed E-state index contributed by atoms with van der Waals surface area (Å²) in [4.78, 5) is 38.9. The Kier molecular flexibility index (Phi) is 6.01. The van der Waals surface area contributed by atoms with Gasteiger partial charge in [-0.3, -0.25) is 14.4 Å². The van der Waals surface area contributed by atoms with Crippen molar-refractivity contribution >= 4 is 23.5 Å². The highest BCUT2D eigenvalue weighted by Gasteiger charge is 2.35. The SMILES string of the molecule is CC(C)[C@H]1CN(CCC(=O)O)C[C@@H]1NC(=O)c1c[nH]c(=O)c(Cl)c1. The first-order valence-corrected chi connectivity index (χ1v) is 8.29. The van der Waals surface area contributed by atoms with Gasteiger partial charge in [0.15, 0.2) is 0 Å². The first-order chi connectivity index (χ1) is 11.3. The van der Waals surface area contributed by atoms with E-state index in [-0.39, 0.29) is 29.3 Å². The molecule has 132 valence electrons. The van der Waals surface area contributed by atoms with Crippen molar-refractivity contribution in [3.63, 3.8) is 0 Å². The number of aliphatic carboxylic acids is 1. The number of nitrogens with one attached hydrogen (secondary N) is 2. The molecular weight excluding hydrogens is 334 g/mol. The summed E-state index contributed by atoms with van der Waals surface area (Å²) < 4.78 is 0. The van der Waals surface area contributed by atoms with Crippen LogP contribution in [-0.4, -0.2) is 52.5 Å². The lowest BCUT2D eigenvalue weighted by atomic mass is 9.91. The molecule has 1 aliphatic heterocycles. The number of hydrogen-bond acceptors (Lipinski definition) is 4. The van der Waals surface area contributed by atoms with Crippen LogP contribution in [0.4, 0.5) is 0 Å². The Morgan fingerprint density at radius 2 is 2.17 bits per heavy atom. The number of likely N-dealkylation sites (tertiary alicyclic amines) is 1. The van der Waals surface area contributed by atoms with Crippen molar-refractivity contribution < 1.29 is 14.7 Å². The second-order valence-corrected chi connectivity index (χ2v) is 6.86. The molecule has 0 aliphatic carbocycles. The van der Waals surface area contributed by atoms with Gasteiger partial charge in [0.2, 0.25) is 0 Å². The van der Waals surface area contributed by atoms with Gasteiger partial charge in [-0.25, -0.2) is 0 Å². The minimum atomic E-state index is -0.827. The van der Waals surface area contributed by atoms with Crippen molar-refractivity contribution in [2.75, 3.05) is 19.6 Å². The number of pyridine rings is 1. The Labute approximate surface area is 145 Å². The van der Waals surface area contributed by atoms with Gasteiger partial charge in [-0.15, -0.1) is 0 Å². The van der Waals surface area contributed by atoms with E-state index in [2.05, 4.69) is 29.0 Å². The van der Waals surface area contributed by atoms with Crippen molar-refractivity contribution in [3.8, 4) is 0 Å². The Morgan fingerprint density at radius 1 is 1.46 bits per heavy atom. The molecule has 1 saturated heterocycles. The normalized spacial score (nSPS) is 21.2. The van der Waals surface area contributed by atoms with E-state index in [0.29, 0.717) is 24.6 Å². The highest BCUT2D eigenvalue weighted by atomic mass is 35.5. The fourth-order valence-electron chi connectivity index (χ4n) is 3.02. The summed E-state index contributed by atoms with van der Waals surface area (Å²) in [7, 11) is 0. The predicted molar refractivity (Wildman–Crippen MR) is 90.3 cm³/mol. The van der Waals surface area contributed by atoms with Crippen LogP contribution in [0.5, 0.6) is 0 Å². The molecule has 0 saturated carbocycles. The molecule has 8 heteroatoms. The molecule has 0 aromatic carbocycles. The number of hydrogen-bond donors (Lipinski definition) is 3. The zero-order chi connectivity index (χ0) is 17.9. The molecule has 0 bridgehead atoms. The molecule has 1 aromatic heterocycles. The van der Waals surface area contributed by atoms with Crippen molar-refractivity contribution in [3.05, 3.63) is 33.2 Å². The quantitative estimate of drug-likeness (QED) is 0.711. The number of carboxylic acids is 1. The molecule has 3 N–H and O–H groups in total. The Morgan fingerprint density at radius 3 is 2.75 bits per heavy atom. The zero-order valence-electron chi connectivity index (χ0n) is 13.7. The summed E-state index contributed by atoms with van der Waals surface area (Å²) >= 11 is 5.76. The first kappa shape index (κ1) is 18.5. The average Bonchev–Trinajstić information content (AvgIpc) is 2.91. The van der Waals surface area contributed by atoms with Gasteiger partial charge in [-0.05, 0) is 17.9 Å². The highest BCUT2D eigenvalue weighted by Crippen LogP contribution is 2.25. The second kappa shape index (κ2) is 7.81. The number of carbonyl (C=O) groups excluding carboxylic acids is 1. The maximum atomic E-state index is 12.4. The van der Waals surface area contributed by atoms with Crippen LogP contribution in [-0.2, 0) is 4.79 Å². The van der Waals surface area contributed by atoms with Crippen LogP contribution in [0, 0.1) is 11.8 Å².